The van der Waals surface area contributed by atoms with Crippen molar-refractivity contribution in [2.75, 3.05) is 29.9 Å². The minimum atomic E-state index is -0.654. The highest BCUT2D eigenvalue weighted by Gasteiger charge is 2.25. The molecule has 2 heterocycles. The second kappa shape index (κ2) is 9.05. The standard InChI is InChI=1S/C22H24N4O2S/c27-21(24-18-7-6-17-8-9-23-19(17)15-18)20(14-16-4-2-1-3-5-16)25-22(28)26-10-12-29-13-11-26/h1-9,15,20,23H,10-14H2,(H,24,27)(H,25,28)/t20-/m1/s1. The molecule has 0 unspecified atom stereocenters. The van der Waals surface area contributed by atoms with Crippen LogP contribution in [0.5, 0.6) is 0 Å². The Hall–Kier alpha value is -2.93. The van der Waals surface area contributed by atoms with Crippen LogP contribution >= 0.6 is 11.8 Å². The van der Waals surface area contributed by atoms with E-state index in [9.17, 15) is 9.59 Å². The summed E-state index contributed by atoms with van der Waals surface area (Å²) >= 11 is 1.84. The summed E-state index contributed by atoms with van der Waals surface area (Å²) in [5.41, 5.74) is 2.66. The van der Waals surface area contributed by atoms with Crippen LogP contribution in [0.3, 0.4) is 0 Å². The van der Waals surface area contributed by atoms with E-state index in [0.717, 1.165) is 28.0 Å². The number of rotatable bonds is 5. The third-order valence-electron chi connectivity index (χ3n) is 5.02. The number of aromatic nitrogens is 1. The van der Waals surface area contributed by atoms with Crippen LogP contribution in [0, 0.1) is 0 Å². The molecule has 1 aromatic heterocycles. The van der Waals surface area contributed by atoms with Gasteiger partial charge < -0.3 is 20.5 Å². The molecular weight excluding hydrogens is 384 g/mol. The summed E-state index contributed by atoms with van der Waals surface area (Å²) in [5.74, 6) is 1.64. The van der Waals surface area contributed by atoms with Gasteiger partial charge in [-0.1, -0.05) is 36.4 Å². The Balaban J connectivity index is 1.49. The van der Waals surface area contributed by atoms with Gasteiger partial charge in [0.15, 0.2) is 0 Å². The maximum absolute atomic E-state index is 13.1. The number of anilines is 1. The number of urea groups is 1. The maximum atomic E-state index is 13.1. The van der Waals surface area contributed by atoms with Gasteiger partial charge >= 0.3 is 6.03 Å². The molecule has 4 rings (SSSR count). The number of carbonyl (C=O) groups excluding carboxylic acids is 2. The lowest BCUT2D eigenvalue weighted by Gasteiger charge is -2.29. The van der Waals surface area contributed by atoms with E-state index in [4.69, 9.17) is 0 Å². The number of benzene rings is 2. The maximum Gasteiger partial charge on any atom is 0.318 e. The molecule has 3 aromatic rings. The Labute approximate surface area is 174 Å². The largest absolute Gasteiger partial charge is 0.361 e. The van der Waals surface area contributed by atoms with Crippen molar-refractivity contribution in [3.63, 3.8) is 0 Å². The lowest BCUT2D eigenvalue weighted by atomic mass is 10.1. The smallest absolute Gasteiger partial charge is 0.318 e. The third-order valence-corrected chi connectivity index (χ3v) is 5.96. The number of nitrogens with one attached hydrogen (secondary N) is 3. The van der Waals surface area contributed by atoms with Crippen molar-refractivity contribution in [1.29, 1.82) is 0 Å². The average molecular weight is 409 g/mol. The van der Waals surface area contributed by atoms with Gasteiger partial charge in [-0.3, -0.25) is 4.79 Å². The monoisotopic (exact) mass is 408 g/mol. The van der Waals surface area contributed by atoms with E-state index in [1.807, 2.05) is 72.6 Å². The molecule has 1 aliphatic rings. The molecule has 0 spiro atoms. The SMILES string of the molecule is O=C(Nc1ccc2cc[nH]c2c1)[C@@H](Cc1ccccc1)NC(=O)N1CCSCC1. The number of hydrogen-bond acceptors (Lipinski definition) is 3. The minimum absolute atomic E-state index is 0.179. The molecule has 7 heteroatoms. The molecule has 3 amide bonds. The molecule has 0 aliphatic carbocycles. The van der Waals surface area contributed by atoms with Gasteiger partial charge in [0.05, 0.1) is 0 Å². The molecular formula is C22H24N4O2S. The number of amides is 3. The zero-order chi connectivity index (χ0) is 20.1. The van der Waals surface area contributed by atoms with Crippen molar-refractivity contribution in [2.45, 2.75) is 12.5 Å². The van der Waals surface area contributed by atoms with Crippen molar-refractivity contribution < 1.29 is 9.59 Å². The van der Waals surface area contributed by atoms with Crippen molar-refractivity contribution >= 4 is 40.3 Å². The first-order valence-corrected chi connectivity index (χ1v) is 10.9. The first-order valence-electron chi connectivity index (χ1n) is 9.74. The fourth-order valence-corrected chi connectivity index (χ4v) is 4.32. The number of aromatic amines is 1. The summed E-state index contributed by atoms with van der Waals surface area (Å²) in [7, 11) is 0. The lowest BCUT2D eigenvalue weighted by Crippen LogP contribution is -2.52. The predicted octanol–water partition coefficient (Wildman–Crippen LogP) is 3.48. The van der Waals surface area contributed by atoms with Gasteiger partial charge in [0.25, 0.3) is 0 Å². The van der Waals surface area contributed by atoms with Crippen LogP contribution < -0.4 is 10.6 Å². The average Bonchev–Trinajstić information content (AvgIpc) is 3.22. The van der Waals surface area contributed by atoms with Crippen molar-refractivity contribution in [3.8, 4) is 0 Å². The van der Waals surface area contributed by atoms with Crippen molar-refractivity contribution in [1.82, 2.24) is 15.2 Å². The van der Waals surface area contributed by atoms with Gasteiger partial charge in [0.2, 0.25) is 5.91 Å². The molecule has 1 fully saturated rings. The van der Waals surface area contributed by atoms with Crippen molar-refractivity contribution in [3.05, 3.63) is 66.4 Å². The molecule has 1 aliphatic heterocycles. The first kappa shape index (κ1) is 19.4. The van der Waals surface area contributed by atoms with Gasteiger partial charge in [0, 0.05) is 48.4 Å². The third kappa shape index (κ3) is 4.92. The molecule has 6 nitrogen and oxygen atoms in total. The van der Waals surface area contributed by atoms with Crippen LogP contribution in [0.1, 0.15) is 5.56 Å². The second-order valence-electron chi connectivity index (χ2n) is 7.06. The van der Waals surface area contributed by atoms with Gasteiger partial charge in [-0.15, -0.1) is 0 Å². The summed E-state index contributed by atoms with van der Waals surface area (Å²) in [5, 5.41) is 6.98. The first-order chi connectivity index (χ1) is 14.2. The van der Waals surface area contributed by atoms with E-state index in [1.165, 1.54) is 0 Å². The van der Waals surface area contributed by atoms with Gasteiger partial charge in [-0.05, 0) is 29.1 Å². The van der Waals surface area contributed by atoms with Crippen LogP contribution in [-0.4, -0.2) is 52.5 Å². The van der Waals surface area contributed by atoms with E-state index < -0.39 is 6.04 Å². The minimum Gasteiger partial charge on any atom is -0.361 e. The molecule has 150 valence electrons. The summed E-state index contributed by atoms with van der Waals surface area (Å²) in [6.07, 6.45) is 2.30. The van der Waals surface area contributed by atoms with Crippen LogP contribution in [0.4, 0.5) is 10.5 Å². The second-order valence-corrected chi connectivity index (χ2v) is 8.28. The van der Waals surface area contributed by atoms with Crippen LogP contribution in [0.25, 0.3) is 10.9 Å². The Kier molecular flexibility index (Phi) is 6.05. The van der Waals surface area contributed by atoms with E-state index in [0.29, 0.717) is 25.2 Å². The molecule has 3 N–H and O–H groups in total. The van der Waals surface area contributed by atoms with E-state index in [-0.39, 0.29) is 11.9 Å². The highest BCUT2D eigenvalue weighted by atomic mass is 32.2. The van der Waals surface area contributed by atoms with Gasteiger partial charge in [-0.25, -0.2) is 4.79 Å². The lowest BCUT2D eigenvalue weighted by molar-refractivity contribution is -0.118. The summed E-state index contributed by atoms with van der Waals surface area (Å²) in [6.45, 7) is 1.42. The molecule has 0 bridgehead atoms. The zero-order valence-electron chi connectivity index (χ0n) is 16.1. The summed E-state index contributed by atoms with van der Waals surface area (Å²) in [6, 6.07) is 16.6. The topological polar surface area (TPSA) is 77.2 Å². The number of carbonyl (C=O) groups is 2. The quantitative estimate of drug-likeness (QED) is 0.605. The predicted molar refractivity (Wildman–Crippen MR) is 118 cm³/mol. The number of nitrogens with zero attached hydrogens (tertiary/aromatic N) is 1. The number of fused-ring (bicyclic) bond motifs is 1. The highest BCUT2D eigenvalue weighted by molar-refractivity contribution is 7.99. The molecule has 2 aromatic carbocycles. The van der Waals surface area contributed by atoms with Crippen molar-refractivity contribution in [2.24, 2.45) is 0 Å². The van der Waals surface area contributed by atoms with Crippen LogP contribution in [-0.2, 0) is 11.2 Å². The van der Waals surface area contributed by atoms with E-state index in [1.54, 1.807) is 4.90 Å². The zero-order valence-corrected chi connectivity index (χ0v) is 16.9. The van der Waals surface area contributed by atoms with Gasteiger partial charge in [-0.2, -0.15) is 11.8 Å². The summed E-state index contributed by atoms with van der Waals surface area (Å²) in [4.78, 5) is 30.7. The normalized spacial score (nSPS) is 15.1. The molecule has 0 saturated carbocycles. The Bertz CT molecular complexity index is 983. The Morgan fingerprint density at radius 3 is 2.66 bits per heavy atom. The fraction of sp³-hybridized carbons (Fsp3) is 0.273. The molecule has 29 heavy (non-hydrogen) atoms. The fourth-order valence-electron chi connectivity index (χ4n) is 3.42. The van der Waals surface area contributed by atoms with Gasteiger partial charge in [0.1, 0.15) is 6.04 Å². The van der Waals surface area contributed by atoms with E-state index >= 15 is 0 Å². The highest BCUT2D eigenvalue weighted by Crippen LogP contribution is 2.18. The van der Waals surface area contributed by atoms with E-state index in [2.05, 4.69) is 15.6 Å². The molecule has 1 atom stereocenters. The van der Waals surface area contributed by atoms with Crippen LogP contribution in [0.15, 0.2) is 60.8 Å². The number of thioether (sulfide) groups is 1. The Morgan fingerprint density at radius 2 is 1.86 bits per heavy atom. The molecule has 1 saturated heterocycles. The van der Waals surface area contributed by atoms with Crippen LogP contribution in [0.2, 0.25) is 0 Å². The molecule has 0 radical (unpaired) electrons. The number of hydrogen-bond donors (Lipinski definition) is 3. The number of H-pyrrole nitrogens is 1. The Morgan fingerprint density at radius 1 is 1.07 bits per heavy atom. The summed E-state index contributed by atoms with van der Waals surface area (Å²) < 4.78 is 0.